The lowest BCUT2D eigenvalue weighted by Gasteiger charge is -2.62. The molecule has 34 heavy (non-hydrogen) atoms. The predicted molar refractivity (Wildman–Crippen MR) is 137 cm³/mol. The number of aliphatic hydroxyl groups is 2. The zero-order valence-corrected chi connectivity index (χ0v) is 22.6. The summed E-state index contributed by atoms with van der Waals surface area (Å²) in [4.78, 5) is 14.6. The molecule has 4 saturated carbocycles. The van der Waals surface area contributed by atoms with Gasteiger partial charge >= 0.3 is 0 Å². The van der Waals surface area contributed by atoms with Crippen molar-refractivity contribution in [2.75, 3.05) is 27.2 Å². The molecular weight excluding hydrogens is 424 g/mol. The second kappa shape index (κ2) is 10.4. The molecule has 0 aliphatic heterocycles. The van der Waals surface area contributed by atoms with Crippen LogP contribution in [0.4, 0.5) is 0 Å². The fourth-order valence-electron chi connectivity index (χ4n) is 9.43. The summed E-state index contributed by atoms with van der Waals surface area (Å²) in [6.07, 6.45) is 11.1. The standard InChI is InChI=1S/C29H52N2O3/c1-19(7-12-27(34)30-15-6-16-31(4)5)23-10-11-24-22-9-8-20-17-21(32)13-14-28(20,2)25(22)18-26(33)29(23,24)3/h19-26,32-33H,6-18H2,1-5H3,(H,30,34)/t19-,20?,21-,22?,23-,24?,25?,26+,28+,29-/m1/s1. The van der Waals surface area contributed by atoms with E-state index >= 15 is 0 Å². The molecule has 0 bridgehead atoms. The van der Waals surface area contributed by atoms with E-state index in [0.717, 1.165) is 57.5 Å². The smallest absolute Gasteiger partial charge is 0.220 e. The number of hydrogen-bond donors (Lipinski definition) is 3. The molecule has 0 aromatic heterocycles. The zero-order chi connectivity index (χ0) is 24.7. The van der Waals surface area contributed by atoms with Gasteiger partial charge in [-0.05, 0) is 131 Å². The van der Waals surface area contributed by atoms with Crippen molar-refractivity contribution in [2.45, 2.75) is 104 Å². The van der Waals surface area contributed by atoms with Crippen LogP contribution in [0.3, 0.4) is 0 Å². The Labute approximate surface area is 208 Å². The minimum Gasteiger partial charge on any atom is -0.393 e. The van der Waals surface area contributed by atoms with Gasteiger partial charge in [0.25, 0.3) is 0 Å². The number of carbonyl (C=O) groups excluding carboxylic acids is 1. The lowest BCUT2D eigenvalue weighted by molar-refractivity contribution is -0.174. The molecule has 4 rings (SSSR count). The highest BCUT2D eigenvalue weighted by atomic mass is 16.3. The number of aliphatic hydroxyl groups excluding tert-OH is 2. The summed E-state index contributed by atoms with van der Waals surface area (Å²) in [5, 5.41) is 25.1. The van der Waals surface area contributed by atoms with Gasteiger partial charge in [-0.25, -0.2) is 0 Å². The number of nitrogens with zero attached hydrogens (tertiary/aromatic N) is 1. The van der Waals surface area contributed by atoms with Crippen molar-refractivity contribution in [1.82, 2.24) is 10.2 Å². The number of nitrogens with one attached hydrogen (secondary N) is 1. The van der Waals surface area contributed by atoms with Crippen LogP contribution >= 0.6 is 0 Å². The number of hydrogen-bond acceptors (Lipinski definition) is 4. The fourth-order valence-corrected chi connectivity index (χ4v) is 9.43. The van der Waals surface area contributed by atoms with Gasteiger partial charge in [0.2, 0.25) is 5.91 Å². The van der Waals surface area contributed by atoms with E-state index < -0.39 is 0 Å². The molecule has 1 amide bonds. The molecular formula is C29H52N2O3. The molecule has 4 aliphatic rings. The van der Waals surface area contributed by atoms with E-state index in [1.54, 1.807) is 0 Å². The highest BCUT2D eigenvalue weighted by Gasteiger charge is 2.63. The van der Waals surface area contributed by atoms with Crippen LogP contribution in [0.5, 0.6) is 0 Å². The summed E-state index contributed by atoms with van der Waals surface area (Å²) in [7, 11) is 4.12. The molecule has 0 spiro atoms. The molecule has 0 aromatic rings. The number of amides is 1. The minimum atomic E-state index is -0.240. The highest BCUT2D eigenvalue weighted by molar-refractivity contribution is 5.75. The maximum absolute atomic E-state index is 12.4. The lowest BCUT2D eigenvalue weighted by Crippen LogP contribution is -2.58. The second-order valence-corrected chi connectivity index (χ2v) is 13.4. The largest absolute Gasteiger partial charge is 0.393 e. The SMILES string of the molecule is C[C@H](CCC(=O)NCCCN(C)C)[C@H]1CCC2C3CCC4C[C@H](O)CC[C@]4(C)C3C[C@H](O)[C@@]21C. The molecule has 10 atom stereocenters. The molecule has 0 aromatic carbocycles. The van der Waals surface area contributed by atoms with Crippen molar-refractivity contribution in [1.29, 1.82) is 0 Å². The average molecular weight is 477 g/mol. The summed E-state index contributed by atoms with van der Waals surface area (Å²) in [6, 6.07) is 0. The van der Waals surface area contributed by atoms with E-state index in [9.17, 15) is 15.0 Å². The van der Waals surface area contributed by atoms with Crippen molar-refractivity contribution in [3.63, 3.8) is 0 Å². The van der Waals surface area contributed by atoms with Crippen LogP contribution in [0.25, 0.3) is 0 Å². The van der Waals surface area contributed by atoms with Crippen LogP contribution in [0.1, 0.15) is 91.4 Å². The second-order valence-electron chi connectivity index (χ2n) is 13.4. The van der Waals surface area contributed by atoms with Gasteiger partial charge in [0.1, 0.15) is 0 Å². The number of rotatable bonds is 8. The third-order valence-electron chi connectivity index (χ3n) is 11.4. The Morgan fingerprint density at radius 1 is 1.06 bits per heavy atom. The lowest BCUT2D eigenvalue weighted by atomic mass is 9.43. The number of fused-ring (bicyclic) bond motifs is 5. The summed E-state index contributed by atoms with van der Waals surface area (Å²) in [6.45, 7) is 8.97. The molecule has 4 unspecified atom stereocenters. The first-order valence-corrected chi connectivity index (χ1v) is 14.3. The van der Waals surface area contributed by atoms with Gasteiger partial charge in [-0.3, -0.25) is 4.79 Å². The van der Waals surface area contributed by atoms with Crippen molar-refractivity contribution >= 4 is 5.91 Å². The summed E-state index contributed by atoms with van der Waals surface area (Å²) in [5.74, 6) is 3.72. The predicted octanol–water partition coefficient (Wildman–Crippen LogP) is 4.46. The van der Waals surface area contributed by atoms with E-state index in [4.69, 9.17) is 0 Å². The highest BCUT2D eigenvalue weighted by Crippen LogP contribution is 2.68. The Bertz CT molecular complexity index is 713. The van der Waals surface area contributed by atoms with E-state index in [0.29, 0.717) is 41.4 Å². The summed E-state index contributed by atoms with van der Waals surface area (Å²) in [5.41, 5.74) is 0.277. The molecule has 3 N–H and O–H groups in total. The van der Waals surface area contributed by atoms with Gasteiger partial charge < -0.3 is 20.4 Å². The molecule has 0 heterocycles. The van der Waals surface area contributed by atoms with Gasteiger partial charge in [-0.15, -0.1) is 0 Å². The van der Waals surface area contributed by atoms with E-state index in [1.807, 2.05) is 0 Å². The van der Waals surface area contributed by atoms with Crippen LogP contribution in [-0.2, 0) is 4.79 Å². The van der Waals surface area contributed by atoms with Crippen molar-refractivity contribution in [3.8, 4) is 0 Å². The molecule has 0 radical (unpaired) electrons. The van der Waals surface area contributed by atoms with E-state index in [2.05, 4.69) is 45.1 Å². The fraction of sp³-hybridized carbons (Fsp3) is 0.966. The maximum atomic E-state index is 12.4. The molecule has 0 saturated heterocycles. The molecule has 196 valence electrons. The topological polar surface area (TPSA) is 72.8 Å². The van der Waals surface area contributed by atoms with Gasteiger partial charge in [0, 0.05) is 13.0 Å². The van der Waals surface area contributed by atoms with Gasteiger partial charge in [-0.2, -0.15) is 0 Å². The Balaban J connectivity index is 1.37. The van der Waals surface area contributed by atoms with Crippen LogP contribution in [0.15, 0.2) is 0 Å². The maximum Gasteiger partial charge on any atom is 0.220 e. The Morgan fingerprint density at radius 2 is 1.82 bits per heavy atom. The monoisotopic (exact) mass is 476 g/mol. The van der Waals surface area contributed by atoms with Crippen molar-refractivity contribution in [3.05, 3.63) is 0 Å². The van der Waals surface area contributed by atoms with E-state index in [1.165, 1.54) is 25.7 Å². The van der Waals surface area contributed by atoms with Crippen LogP contribution < -0.4 is 5.32 Å². The van der Waals surface area contributed by atoms with Crippen molar-refractivity contribution in [2.24, 2.45) is 46.3 Å². The molecule has 5 heteroatoms. The first-order chi connectivity index (χ1) is 16.1. The van der Waals surface area contributed by atoms with Gasteiger partial charge in [-0.1, -0.05) is 20.8 Å². The van der Waals surface area contributed by atoms with Gasteiger partial charge in [0.15, 0.2) is 0 Å². The molecule has 5 nitrogen and oxygen atoms in total. The summed E-state index contributed by atoms with van der Waals surface area (Å²) < 4.78 is 0. The third-order valence-corrected chi connectivity index (χ3v) is 11.4. The first kappa shape index (κ1) is 26.4. The normalized spacial score (nSPS) is 44.8. The molecule has 4 fully saturated rings. The van der Waals surface area contributed by atoms with E-state index in [-0.39, 0.29) is 23.5 Å². The Hall–Kier alpha value is -0.650. The third kappa shape index (κ3) is 4.83. The minimum absolute atomic E-state index is 0.0137. The average Bonchev–Trinajstić information content (AvgIpc) is 3.15. The Morgan fingerprint density at radius 3 is 2.56 bits per heavy atom. The zero-order valence-electron chi connectivity index (χ0n) is 22.6. The quantitative estimate of drug-likeness (QED) is 0.452. The summed E-state index contributed by atoms with van der Waals surface area (Å²) >= 11 is 0. The van der Waals surface area contributed by atoms with Crippen LogP contribution in [-0.4, -0.2) is 60.4 Å². The molecule has 4 aliphatic carbocycles. The first-order valence-electron chi connectivity index (χ1n) is 14.3. The number of carbonyl (C=O) groups is 1. The van der Waals surface area contributed by atoms with Crippen molar-refractivity contribution < 1.29 is 15.0 Å². The van der Waals surface area contributed by atoms with Crippen LogP contribution in [0, 0.1) is 46.3 Å². The Kier molecular flexibility index (Phi) is 8.06. The van der Waals surface area contributed by atoms with Gasteiger partial charge in [0.05, 0.1) is 12.2 Å². The van der Waals surface area contributed by atoms with Crippen LogP contribution in [0.2, 0.25) is 0 Å².